The molecule has 0 bridgehead atoms. The highest BCUT2D eigenvalue weighted by Crippen LogP contribution is 2.72. The van der Waals surface area contributed by atoms with E-state index in [4.69, 9.17) is 0 Å². The molecule has 180 valence electrons. The second-order valence-corrected chi connectivity index (χ2v) is 13.6. The molecule has 0 aromatic heterocycles. The molecule has 9 unspecified atom stereocenters. The van der Waals surface area contributed by atoms with Crippen molar-refractivity contribution in [3.8, 4) is 0 Å². The third-order valence-electron chi connectivity index (χ3n) is 12.0. The summed E-state index contributed by atoms with van der Waals surface area (Å²) in [5.41, 5.74) is 1.23. The molecule has 9 atom stereocenters. The van der Waals surface area contributed by atoms with Crippen LogP contribution in [0.4, 0.5) is 0 Å². The first-order valence-electron chi connectivity index (χ1n) is 13.9. The summed E-state index contributed by atoms with van der Waals surface area (Å²) in [6.07, 6.45) is 15.5. The Balaban J connectivity index is 0.000000730. The molecule has 2 N–H and O–H groups in total. The van der Waals surface area contributed by atoms with Gasteiger partial charge in [0.2, 0.25) is 0 Å². The quantitative estimate of drug-likeness (QED) is 0.459. The van der Waals surface area contributed by atoms with Crippen molar-refractivity contribution in [2.24, 2.45) is 51.2 Å². The van der Waals surface area contributed by atoms with Gasteiger partial charge in [-0.15, -0.1) is 0 Å². The number of hydrogen-bond donors (Lipinski definition) is 2. The SMILES string of the molecule is CC1(C)C(O)CCC2(C)C1CCC1(C)C3CCC4(CO)CCCC4C3CCC12.CCC. The molecule has 0 radical (unpaired) electrons. The molecule has 5 saturated carbocycles. The van der Waals surface area contributed by atoms with Crippen molar-refractivity contribution in [2.45, 2.75) is 125 Å². The van der Waals surface area contributed by atoms with Crippen LogP contribution in [0, 0.1) is 51.2 Å². The summed E-state index contributed by atoms with van der Waals surface area (Å²) in [5, 5.41) is 21.1. The molecule has 5 fully saturated rings. The zero-order valence-electron chi connectivity index (χ0n) is 21.6. The van der Waals surface area contributed by atoms with E-state index in [1.165, 1.54) is 70.6 Å². The summed E-state index contributed by atoms with van der Waals surface area (Å²) in [5.74, 6) is 4.04. The van der Waals surface area contributed by atoms with Gasteiger partial charge in [-0.2, -0.15) is 0 Å². The summed E-state index contributed by atoms with van der Waals surface area (Å²) in [6.45, 7) is 14.7. The summed E-state index contributed by atoms with van der Waals surface area (Å²) in [6, 6.07) is 0. The van der Waals surface area contributed by atoms with Crippen LogP contribution in [-0.4, -0.2) is 22.9 Å². The van der Waals surface area contributed by atoms with Gasteiger partial charge >= 0.3 is 0 Å². The second kappa shape index (κ2) is 8.30. The topological polar surface area (TPSA) is 40.5 Å². The molecule has 5 aliphatic rings. The minimum atomic E-state index is -0.121. The highest BCUT2D eigenvalue weighted by molar-refractivity contribution is 5.15. The molecule has 0 amide bonds. The first kappa shape index (κ1) is 24.1. The van der Waals surface area contributed by atoms with Gasteiger partial charge in [0, 0.05) is 6.61 Å². The average Bonchev–Trinajstić information content (AvgIpc) is 3.16. The summed E-state index contributed by atoms with van der Waals surface area (Å²) < 4.78 is 0. The Morgan fingerprint density at radius 1 is 0.710 bits per heavy atom. The maximum atomic E-state index is 10.8. The smallest absolute Gasteiger partial charge is 0.0594 e. The number of fused-ring (bicyclic) bond motifs is 7. The molecule has 0 aromatic rings. The number of rotatable bonds is 1. The first-order valence-corrected chi connectivity index (χ1v) is 13.9. The van der Waals surface area contributed by atoms with Gasteiger partial charge < -0.3 is 10.2 Å². The van der Waals surface area contributed by atoms with Crippen LogP contribution in [0.5, 0.6) is 0 Å². The maximum Gasteiger partial charge on any atom is 0.0594 e. The molecule has 5 rings (SSSR count). The van der Waals surface area contributed by atoms with Gasteiger partial charge in [-0.1, -0.05) is 54.4 Å². The normalized spacial score (nSPS) is 52.6. The standard InChI is InChI=1S/C26H44O2.C3H8/c1-23(2)20-10-13-24(3)18-9-15-26(16-27)12-5-6-19(26)17(18)7-8-21(24)25(20,4)14-11-22(23)28;1-3-2/h17-22,27-28H,5-16H2,1-4H3;3H2,1-2H3. The van der Waals surface area contributed by atoms with E-state index in [0.29, 0.717) is 23.4 Å². The Morgan fingerprint density at radius 2 is 1.39 bits per heavy atom. The van der Waals surface area contributed by atoms with E-state index < -0.39 is 0 Å². The van der Waals surface area contributed by atoms with E-state index in [1.807, 2.05) is 0 Å². The maximum absolute atomic E-state index is 10.8. The van der Waals surface area contributed by atoms with Crippen LogP contribution in [0.15, 0.2) is 0 Å². The van der Waals surface area contributed by atoms with Crippen molar-refractivity contribution in [1.29, 1.82) is 0 Å². The lowest BCUT2D eigenvalue weighted by molar-refractivity contribution is -0.216. The summed E-state index contributed by atoms with van der Waals surface area (Å²) >= 11 is 0. The van der Waals surface area contributed by atoms with Crippen LogP contribution >= 0.6 is 0 Å². The van der Waals surface area contributed by atoms with Gasteiger partial charge in [-0.25, -0.2) is 0 Å². The lowest BCUT2D eigenvalue weighted by atomic mass is 9.36. The third kappa shape index (κ3) is 3.39. The molecule has 31 heavy (non-hydrogen) atoms. The molecular formula is C29H52O2. The van der Waals surface area contributed by atoms with Crippen molar-refractivity contribution in [3.63, 3.8) is 0 Å². The van der Waals surface area contributed by atoms with Crippen LogP contribution in [0.3, 0.4) is 0 Å². The van der Waals surface area contributed by atoms with E-state index in [-0.39, 0.29) is 16.9 Å². The van der Waals surface area contributed by atoms with Crippen LogP contribution in [0.2, 0.25) is 0 Å². The Hall–Kier alpha value is -0.0800. The minimum absolute atomic E-state index is 0.0647. The van der Waals surface area contributed by atoms with Gasteiger partial charge in [-0.05, 0) is 115 Å². The Kier molecular flexibility index (Phi) is 6.44. The molecule has 2 heteroatoms. The molecule has 0 heterocycles. The van der Waals surface area contributed by atoms with Crippen LogP contribution < -0.4 is 0 Å². The Labute approximate surface area is 193 Å². The van der Waals surface area contributed by atoms with Crippen LogP contribution in [-0.2, 0) is 0 Å². The van der Waals surface area contributed by atoms with E-state index >= 15 is 0 Å². The van der Waals surface area contributed by atoms with Crippen LogP contribution in [0.25, 0.3) is 0 Å². The second-order valence-electron chi connectivity index (χ2n) is 13.6. The van der Waals surface area contributed by atoms with Gasteiger partial charge in [0.15, 0.2) is 0 Å². The number of aliphatic hydroxyl groups excluding tert-OH is 2. The fourth-order valence-corrected chi connectivity index (χ4v) is 10.6. The summed E-state index contributed by atoms with van der Waals surface area (Å²) in [7, 11) is 0. The average molecular weight is 433 g/mol. The highest BCUT2D eigenvalue weighted by atomic mass is 16.3. The van der Waals surface area contributed by atoms with Crippen LogP contribution in [0.1, 0.15) is 119 Å². The highest BCUT2D eigenvalue weighted by Gasteiger charge is 2.66. The zero-order valence-corrected chi connectivity index (χ0v) is 21.6. The van der Waals surface area contributed by atoms with Crippen molar-refractivity contribution in [1.82, 2.24) is 0 Å². The molecule has 0 saturated heterocycles. The summed E-state index contributed by atoms with van der Waals surface area (Å²) in [4.78, 5) is 0. The molecule has 2 nitrogen and oxygen atoms in total. The van der Waals surface area contributed by atoms with E-state index in [2.05, 4.69) is 41.5 Å². The molecule has 0 aromatic carbocycles. The lowest BCUT2D eigenvalue weighted by Gasteiger charge is -2.69. The molecule has 5 aliphatic carbocycles. The van der Waals surface area contributed by atoms with Gasteiger partial charge in [0.1, 0.15) is 0 Å². The predicted molar refractivity (Wildman–Crippen MR) is 130 cm³/mol. The number of aliphatic hydroxyl groups is 2. The monoisotopic (exact) mass is 432 g/mol. The van der Waals surface area contributed by atoms with E-state index in [9.17, 15) is 10.2 Å². The van der Waals surface area contributed by atoms with Crippen molar-refractivity contribution in [2.75, 3.05) is 6.61 Å². The van der Waals surface area contributed by atoms with E-state index in [1.54, 1.807) is 0 Å². The zero-order chi connectivity index (χ0) is 22.7. The van der Waals surface area contributed by atoms with Crippen molar-refractivity contribution in [3.05, 3.63) is 0 Å². The molecular weight excluding hydrogens is 380 g/mol. The van der Waals surface area contributed by atoms with Gasteiger partial charge in [0.25, 0.3) is 0 Å². The van der Waals surface area contributed by atoms with Crippen molar-refractivity contribution >= 4 is 0 Å². The largest absolute Gasteiger partial charge is 0.396 e. The predicted octanol–water partition coefficient (Wildman–Crippen LogP) is 7.22. The Morgan fingerprint density at radius 3 is 2.06 bits per heavy atom. The fraction of sp³-hybridized carbons (Fsp3) is 1.00. The van der Waals surface area contributed by atoms with Gasteiger partial charge in [-0.3, -0.25) is 0 Å². The van der Waals surface area contributed by atoms with Gasteiger partial charge in [0.05, 0.1) is 6.10 Å². The molecule has 0 aliphatic heterocycles. The Bertz CT molecular complexity index is 643. The lowest BCUT2D eigenvalue weighted by Crippen LogP contribution is -2.63. The third-order valence-corrected chi connectivity index (χ3v) is 12.0. The first-order chi connectivity index (χ1) is 14.6. The van der Waals surface area contributed by atoms with E-state index in [0.717, 1.165) is 30.1 Å². The number of hydrogen-bond acceptors (Lipinski definition) is 2. The molecule has 0 spiro atoms. The fourth-order valence-electron chi connectivity index (χ4n) is 10.6. The van der Waals surface area contributed by atoms with Crippen molar-refractivity contribution < 1.29 is 10.2 Å². The minimum Gasteiger partial charge on any atom is -0.396 e.